The molecule has 1 rings (SSSR count). The zero-order valence-corrected chi connectivity index (χ0v) is 3.89. The predicted octanol–water partition coefficient (Wildman–Crippen LogP) is 1.19. The third-order valence-corrected chi connectivity index (χ3v) is 0.734. The summed E-state index contributed by atoms with van der Waals surface area (Å²) in [6, 6.07) is 0. The van der Waals surface area contributed by atoms with E-state index in [4.69, 9.17) is 7.79 Å². The van der Waals surface area contributed by atoms with Gasteiger partial charge in [-0.25, -0.2) is 0 Å². The average molecular weight is 95.1 g/mol. The van der Waals surface area contributed by atoms with E-state index in [9.17, 15) is 0 Å². The molecule has 0 radical (unpaired) electrons. The summed E-state index contributed by atoms with van der Waals surface area (Å²) in [5.74, 6) is 2.42. The van der Waals surface area contributed by atoms with E-state index in [-0.39, 0.29) is 0 Å². The van der Waals surface area contributed by atoms with Crippen molar-refractivity contribution in [3.63, 3.8) is 0 Å². The van der Waals surface area contributed by atoms with Crippen LogP contribution < -0.4 is 0 Å². The summed E-state index contributed by atoms with van der Waals surface area (Å²) < 4.78 is 7.12. The molecule has 2 heteroatoms. The van der Waals surface area contributed by atoms with Crippen LogP contribution in [0.3, 0.4) is 0 Å². The Labute approximate surface area is 44.0 Å². The van der Waals surface area contributed by atoms with Crippen LogP contribution in [0, 0.1) is 12.3 Å². The van der Waals surface area contributed by atoms with Gasteiger partial charge in [0.05, 0.1) is 1.37 Å². The number of rotatable bonds is 2. The normalized spacial score (nSPS) is 23.0. The molecule has 0 fully saturated rings. The van der Waals surface area contributed by atoms with E-state index in [0.29, 0.717) is 12.8 Å². The van der Waals surface area contributed by atoms with Gasteiger partial charge in [0.2, 0.25) is 0 Å². The summed E-state index contributed by atoms with van der Waals surface area (Å²) in [5.41, 5.74) is 0. The lowest BCUT2D eigenvalue weighted by Crippen LogP contribution is -1.79. The standard InChI is InChI=1S/C5H6N2/c1-2-3-4-5-6-7-5/h1,5H,3-4H2/i5D. The molecule has 0 aromatic heterocycles. The fraction of sp³-hybridized carbons (Fsp3) is 0.600. The second-order valence-electron chi connectivity index (χ2n) is 1.32. The predicted molar refractivity (Wildman–Crippen MR) is 26.7 cm³/mol. The molecule has 7 heavy (non-hydrogen) atoms. The first kappa shape index (κ1) is 3.20. The number of nitrogens with zero attached hydrogens (tertiary/aromatic N) is 2. The van der Waals surface area contributed by atoms with Crippen LogP contribution in [0.5, 0.6) is 0 Å². The minimum Gasteiger partial charge on any atom is -0.163 e. The van der Waals surface area contributed by atoms with Crippen LogP contribution in [0.1, 0.15) is 14.2 Å². The van der Waals surface area contributed by atoms with Gasteiger partial charge in [-0.2, -0.15) is 10.2 Å². The van der Waals surface area contributed by atoms with E-state index in [1.54, 1.807) is 0 Å². The molecule has 0 amide bonds. The van der Waals surface area contributed by atoms with Crippen LogP contribution in [0.2, 0.25) is 0 Å². The summed E-state index contributed by atoms with van der Waals surface area (Å²) in [6.45, 7) is 0. The van der Waals surface area contributed by atoms with Crippen molar-refractivity contribution < 1.29 is 1.37 Å². The minimum absolute atomic E-state index is 0.573. The molecular formula is C5H6N2. The number of terminal acetylenes is 1. The van der Waals surface area contributed by atoms with Gasteiger partial charge in [0, 0.05) is 12.8 Å². The van der Waals surface area contributed by atoms with Gasteiger partial charge in [0.15, 0.2) is 6.14 Å². The molecule has 1 aliphatic heterocycles. The first-order valence-electron chi connectivity index (χ1n) is 2.64. The smallest absolute Gasteiger partial charge is 0.163 e. The minimum atomic E-state index is -0.841. The van der Waals surface area contributed by atoms with Gasteiger partial charge in [-0.05, 0) is 0 Å². The molecule has 0 N–H and O–H groups in total. The molecule has 0 aromatic carbocycles. The summed E-state index contributed by atoms with van der Waals surface area (Å²) in [4.78, 5) is 0. The van der Waals surface area contributed by atoms with Crippen LogP contribution in [-0.2, 0) is 0 Å². The zero-order chi connectivity index (χ0) is 6.04. The molecule has 1 aliphatic rings. The average Bonchev–Trinajstić information content (AvgIpc) is 2.45. The molecule has 0 spiro atoms. The van der Waals surface area contributed by atoms with Gasteiger partial charge in [-0.1, -0.05) is 0 Å². The highest BCUT2D eigenvalue weighted by Crippen LogP contribution is 2.15. The Morgan fingerprint density at radius 3 is 3.00 bits per heavy atom. The maximum Gasteiger partial charge on any atom is 0.181 e. The Kier molecular flexibility index (Phi) is 0.796. The van der Waals surface area contributed by atoms with E-state index < -0.39 is 6.14 Å². The Morgan fingerprint density at radius 1 is 1.86 bits per heavy atom. The SMILES string of the molecule is [2H]C1(CCC#C)N=N1. The van der Waals surface area contributed by atoms with Crippen molar-refractivity contribution >= 4 is 0 Å². The van der Waals surface area contributed by atoms with Crippen molar-refractivity contribution in [3.05, 3.63) is 0 Å². The largest absolute Gasteiger partial charge is 0.181 e. The van der Waals surface area contributed by atoms with Gasteiger partial charge in [0.1, 0.15) is 0 Å². The molecule has 0 unspecified atom stereocenters. The van der Waals surface area contributed by atoms with Gasteiger partial charge in [-0.3, -0.25) is 0 Å². The van der Waals surface area contributed by atoms with Crippen molar-refractivity contribution in [1.29, 1.82) is 0 Å². The Bertz CT molecular complexity index is 150. The third kappa shape index (κ3) is 1.36. The lowest BCUT2D eigenvalue weighted by Gasteiger charge is -1.79. The maximum absolute atomic E-state index is 7.12. The Morgan fingerprint density at radius 2 is 2.57 bits per heavy atom. The van der Waals surface area contributed by atoms with E-state index >= 15 is 0 Å². The summed E-state index contributed by atoms with van der Waals surface area (Å²) in [6.07, 6.45) is 5.27. The first-order chi connectivity index (χ1) is 3.77. The van der Waals surface area contributed by atoms with Gasteiger partial charge >= 0.3 is 0 Å². The van der Waals surface area contributed by atoms with Gasteiger partial charge in [-0.15, -0.1) is 12.3 Å². The van der Waals surface area contributed by atoms with Crippen molar-refractivity contribution in [2.24, 2.45) is 10.2 Å². The van der Waals surface area contributed by atoms with Crippen LogP contribution in [0.4, 0.5) is 0 Å². The Balaban J connectivity index is 2.14. The summed E-state index contributed by atoms with van der Waals surface area (Å²) >= 11 is 0. The quantitative estimate of drug-likeness (QED) is 0.460. The highest BCUT2D eigenvalue weighted by molar-refractivity contribution is 4.86. The highest BCUT2D eigenvalue weighted by atomic mass is 15.4. The van der Waals surface area contributed by atoms with E-state index in [0.717, 1.165) is 0 Å². The van der Waals surface area contributed by atoms with Crippen molar-refractivity contribution in [2.45, 2.75) is 19.0 Å². The maximum atomic E-state index is 7.12. The first-order valence-corrected chi connectivity index (χ1v) is 2.14. The Hall–Kier alpha value is -0.840. The fourth-order valence-corrected chi connectivity index (χ4v) is 0.319. The lowest BCUT2D eigenvalue weighted by atomic mass is 10.3. The van der Waals surface area contributed by atoms with E-state index in [2.05, 4.69) is 16.1 Å². The van der Waals surface area contributed by atoms with Crippen molar-refractivity contribution in [2.75, 3.05) is 0 Å². The topological polar surface area (TPSA) is 24.7 Å². The molecule has 36 valence electrons. The van der Waals surface area contributed by atoms with E-state index in [1.807, 2.05) is 0 Å². The van der Waals surface area contributed by atoms with E-state index in [1.165, 1.54) is 0 Å². The zero-order valence-electron chi connectivity index (χ0n) is 4.89. The number of hydrogen-bond donors (Lipinski definition) is 0. The summed E-state index contributed by atoms with van der Waals surface area (Å²) in [5, 5.41) is 6.94. The fourth-order valence-electron chi connectivity index (χ4n) is 0.319. The highest BCUT2D eigenvalue weighted by Gasteiger charge is 2.12. The molecular weight excluding hydrogens is 88.1 g/mol. The molecule has 0 aromatic rings. The van der Waals surface area contributed by atoms with Crippen LogP contribution in [-0.4, -0.2) is 6.14 Å². The second kappa shape index (κ2) is 1.74. The molecule has 2 nitrogen and oxygen atoms in total. The monoisotopic (exact) mass is 95.1 g/mol. The van der Waals surface area contributed by atoms with Gasteiger partial charge in [0.25, 0.3) is 0 Å². The second-order valence-corrected chi connectivity index (χ2v) is 1.32. The number of hydrogen-bond acceptors (Lipinski definition) is 2. The third-order valence-electron chi connectivity index (χ3n) is 0.734. The van der Waals surface area contributed by atoms with Crippen LogP contribution >= 0.6 is 0 Å². The van der Waals surface area contributed by atoms with Crippen LogP contribution in [0.25, 0.3) is 0 Å². The lowest BCUT2D eigenvalue weighted by molar-refractivity contribution is 0.815. The molecule has 0 aliphatic carbocycles. The summed E-state index contributed by atoms with van der Waals surface area (Å²) in [7, 11) is 0. The molecule has 0 saturated heterocycles. The van der Waals surface area contributed by atoms with Crippen molar-refractivity contribution in [1.82, 2.24) is 0 Å². The molecule has 1 heterocycles. The van der Waals surface area contributed by atoms with Crippen molar-refractivity contribution in [3.8, 4) is 12.3 Å². The molecule has 0 atom stereocenters. The van der Waals surface area contributed by atoms with Gasteiger partial charge < -0.3 is 0 Å². The molecule has 0 saturated carbocycles. The van der Waals surface area contributed by atoms with Crippen LogP contribution in [0.15, 0.2) is 10.2 Å². The molecule has 0 bridgehead atoms.